The molecular weight excluding hydrogens is 300 g/mol. The lowest BCUT2D eigenvalue weighted by Crippen LogP contribution is -2.46. The number of carbonyl (C=O) groups is 1. The molecule has 1 aliphatic rings. The summed E-state index contributed by atoms with van der Waals surface area (Å²) in [6.45, 7) is 3.51. The lowest BCUT2D eigenvalue weighted by Gasteiger charge is -2.34. The lowest BCUT2D eigenvalue weighted by molar-refractivity contribution is -0.0418. The van der Waals surface area contributed by atoms with Crippen LogP contribution in [0.1, 0.15) is 23.1 Å². The number of nitrogens with zero attached hydrogens (tertiary/aromatic N) is 2. The van der Waals surface area contributed by atoms with E-state index in [0.717, 1.165) is 12.1 Å². The molecule has 0 radical (unpaired) electrons. The van der Waals surface area contributed by atoms with E-state index in [1.54, 1.807) is 23.6 Å². The molecule has 0 saturated heterocycles. The zero-order valence-corrected chi connectivity index (χ0v) is 13.2. The van der Waals surface area contributed by atoms with E-state index in [4.69, 9.17) is 4.74 Å². The average Bonchev–Trinajstić information content (AvgIpc) is 3.03. The van der Waals surface area contributed by atoms with Crippen molar-refractivity contribution < 1.29 is 9.53 Å². The fourth-order valence-corrected chi connectivity index (χ4v) is 3.48. The van der Waals surface area contributed by atoms with Crippen molar-refractivity contribution in [2.24, 2.45) is 0 Å². The van der Waals surface area contributed by atoms with Gasteiger partial charge >= 0.3 is 6.03 Å². The Morgan fingerprint density at radius 3 is 3.18 bits per heavy atom. The van der Waals surface area contributed by atoms with Crippen LogP contribution in [0.2, 0.25) is 0 Å². The molecule has 0 bridgehead atoms. The van der Waals surface area contributed by atoms with E-state index in [-0.39, 0.29) is 6.03 Å². The maximum atomic E-state index is 11.9. The number of hydrogen-bond donors (Lipinski definition) is 2. The maximum Gasteiger partial charge on any atom is 0.315 e. The van der Waals surface area contributed by atoms with Crippen molar-refractivity contribution in [3.8, 4) is 0 Å². The zero-order valence-electron chi connectivity index (χ0n) is 12.3. The van der Waals surface area contributed by atoms with Crippen molar-refractivity contribution in [3.63, 3.8) is 0 Å². The standard InChI is InChI=1S/C15H18N4O2S/c1-15(12-4-7-22-13(12)3-6-21-15)9-18-14(20)17-8-11-2-5-16-10-19-11/h2,4-5,7,10H,3,6,8-9H2,1H3,(H2,17,18,20). The van der Waals surface area contributed by atoms with E-state index in [9.17, 15) is 4.79 Å². The number of rotatable bonds is 4. The van der Waals surface area contributed by atoms with Crippen LogP contribution in [0.4, 0.5) is 4.79 Å². The molecule has 0 spiro atoms. The Morgan fingerprint density at radius 2 is 2.36 bits per heavy atom. The normalized spacial score (nSPS) is 20.2. The second kappa shape index (κ2) is 6.41. The first-order chi connectivity index (χ1) is 10.7. The van der Waals surface area contributed by atoms with Crippen LogP contribution in [-0.2, 0) is 23.3 Å². The minimum Gasteiger partial charge on any atom is -0.368 e. The molecule has 3 heterocycles. The van der Waals surface area contributed by atoms with Gasteiger partial charge in [-0.1, -0.05) is 0 Å². The molecule has 0 aliphatic carbocycles. The van der Waals surface area contributed by atoms with Crippen molar-refractivity contribution in [3.05, 3.63) is 46.2 Å². The molecule has 116 valence electrons. The quantitative estimate of drug-likeness (QED) is 0.902. The van der Waals surface area contributed by atoms with Gasteiger partial charge in [0.05, 0.1) is 25.4 Å². The molecule has 1 unspecified atom stereocenters. The third kappa shape index (κ3) is 3.26. The summed E-state index contributed by atoms with van der Waals surface area (Å²) in [5.41, 5.74) is 1.49. The summed E-state index contributed by atoms with van der Waals surface area (Å²) in [7, 11) is 0. The molecule has 1 atom stereocenters. The molecule has 2 amide bonds. The zero-order chi connectivity index (χ0) is 15.4. The predicted octanol–water partition coefficient (Wildman–Crippen LogP) is 1.83. The average molecular weight is 318 g/mol. The van der Waals surface area contributed by atoms with Gasteiger partial charge in [-0.3, -0.25) is 0 Å². The predicted molar refractivity (Wildman–Crippen MR) is 83.6 cm³/mol. The minimum atomic E-state index is -0.458. The van der Waals surface area contributed by atoms with E-state index in [2.05, 4.69) is 32.0 Å². The van der Waals surface area contributed by atoms with Gasteiger partial charge in [0.15, 0.2) is 0 Å². The Bertz CT molecular complexity index is 646. The van der Waals surface area contributed by atoms with Crippen molar-refractivity contribution in [2.45, 2.75) is 25.5 Å². The summed E-state index contributed by atoms with van der Waals surface area (Å²) in [5, 5.41) is 7.74. The summed E-state index contributed by atoms with van der Waals surface area (Å²) in [6.07, 6.45) is 4.06. The molecule has 22 heavy (non-hydrogen) atoms. The van der Waals surface area contributed by atoms with E-state index in [1.807, 2.05) is 6.92 Å². The molecule has 2 aromatic heterocycles. The smallest absolute Gasteiger partial charge is 0.315 e. The van der Waals surface area contributed by atoms with Crippen molar-refractivity contribution in [1.29, 1.82) is 0 Å². The number of amides is 2. The Balaban J connectivity index is 1.53. The SMILES string of the molecule is CC1(CNC(=O)NCc2ccncn2)OCCc2sccc21. The van der Waals surface area contributed by atoms with Gasteiger partial charge in [0, 0.05) is 17.5 Å². The molecule has 6 nitrogen and oxygen atoms in total. The number of nitrogens with one attached hydrogen (secondary N) is 2. The van der Waals surface area contributed by atoms with Gasteiger partial charge < -0.3 is 15.4 Å². The fraction of sp³-hybridized carbons (Fsp3) is 0.400. The van der Waals surface area contributed by atoms with Gasteiger partial charge in [0.25, 0.3) is 0 Å². The van der Waals surface area contributed by atoms with E-state index >= 15 is 0 Å². The summed E-state index contributed by atoms with van der Waals surface area (Å²) in [6, 6.07) is 3.62. The number of fused-ring (bicyclic) bond motifs is 1. The molecule has 2 N–H and O–H groups in total. The number of thiophene rings is 1. The van der Waals surface area contributed by atoms with E-state index < -0.39 is 5.60 Å². The second-order valence-electron chi connectivity index (χ2n) is 5.32. The van der Waals surface area contributed by atoms with Gasteiger partial charge in [-0.15, -0.1) is 11.3 Å². The molecule has 3 rings (SSSR count). The van der Waals surface area contributed by atoms with Crippen LogP contribution in [0.25, 0.3) is 0 Å². The molecule has 0 aromatic carbocycles. The van der Waals surface area contributed by atoms with Crippen LogP contribution in [0.3, 0.4) is 0 Å². The van der Waals surface area contributed by atoms with Gasteiger partial charge in [-0.05, 0) is 30.0 Å². The molecule has 0 saturated carbocycles. The monoisotopic (exact) mass is 318 g/mol. The number of aromatic nitrogens is 2. The maximum absolute atomic E-state index is 11.9. The topological polar surface area (TPSA) is 76.1 Å². The highest BCUT2D eigenvalue weighted by atomic mass is 32.1. The number of hydrogen-bond acceptors (Lipinski definition) is 5. The first-order valence-electron chi connectivity index (χ1n) is 7.15. The van der Waals surface area contributed by atoms with Crippen LogP contribution in [0.15, 0.2) is 30.0 Å². The van der Waals surface area contributed by atoms with Gasteiger partial charge in [0.1, 0.15) is 11.9 Å². The lowest BCUT2D eigenvalue weighted by atomic mass is 9.93. The van der Waals surface area contributed by atoms with Crippen molar-refractivity contribution in [1.82, 2.24) is 20.6 Å². The highest BCUT2D eigenvalue weighted by Crippen LogP contribution is 2.35. The summed E-state index contributed by atoms with van der Waals surface area (Å²) >= 11 is 1.75. The molecule has 2 aromatic rings. The second-order valence-corrected chi connectivity index (χ2v) is 6.32. The highest BCUT2D eigenvalue weighted by Gasteiger charge is 2.34. The van der Waals surface area contributed by atoms with Crippen LogP contribution >= 0.6 is 11.3 Å². The minimum absolute atomic E-state index is 0.231. The van der Waals surface area contributed by atoms with Gasteiger partial charge in [-0.2, -0.15) is 0 Å². The Kier molecular flexibility index (Phi) is 4.35. The molecule has 0 fully saturated rings. The van der Waals surface area contributed by atoms with Gasteiger partial charge in [0.2, 0.25) is 0 Å². The van der Waals surface area contributed by atoms with Crippen LogP contribution < -0.4 is 10.6 Å². The summed E-state index contributed by atoms with van der Waals surface area (Å²) in [5.74, 6) is 0. The van der Waals surface area contributed by atoms with E-state index in [0.29, 0.717) is 19.7 Å². The van der Waals surface area contributed by atoms with Crippen LogP contribution in [0.5, 0.6) is 0 Å². The van der Waals surface area contributed by atoms with Crippen molar-refractivity contribution >= 4 is 17.4 Å². The summed E-state index contributed by atoms with van der Waals surface area (Å²) in [4.78, 5) is 21.2. The molecule has 1 aliphatic heterocycles. The third-order valence-corrected chi connectivity index (χ3v) is 4.71. The molecule has 7 heteroatoms. The fourth-order valence-electron chi connectivity index (χ4n) is 2.50. The Hall–Kier alpha value is -1.99. The Labute approximate surface area is 132 Å². The number of urea groups is 1. The first kappa shape index (κ1) is 14.9. The van der Waals surface area contributed by atoms with E-state index in [1.165, 1.54) is 16.8 Å². The Morgan fingerprint density at radius 1 is 1.45 bits per heavy atom. The van der Waals surface area contributed by atoms with Gasteiger partial charge in [-0.25, -0.2) is 14.8 Å². The van der Waals surface area contributed by atoms with Crippen molar-refractivity contribution in [2.75, 3.05) is 13.2 Å². The summed E-state index contributed by atoms with van der Waals surface area (Å²) < 4.78 is 5.91. The molecular formula is C15H18N4O2S. The number of ether oxygens (including phenoxy) is 1. The third-order valence-electron chi connectivity index (χ3n) is 3.72. The first-order valence-corrected chi connectivity index (χ1v) is 8.03. The number of carbonyl (C=O) groups excluding carboxylic acids is 1. The van der Waals surface area contributed by atoms with Crippen LogP contribution in [-0.4, -0.2) is 29.2 Å². The van der Waals surface area contributed by atoms with Crippen LogP contribution in [0, 0.1) is 0 Å². The largest absolute Gasteiger partial charge is 0.368 e. The highest BCUT2D eigenvalue weighted by molar-refractivity contribution is 7.10.